The Kier molecular flexibility index (Phi) is 31.9. The number of amides is 2. The molecule has 12 aromatic rings. The average molecular weight is 1640 g/mol. The molecule has 2 aliphatic heterocycles. The Labute approximate surface area is 712 Å². The van der Waals surface area contributed by atoms with E-state index < -0.39 is 0 Å². The first-order chi connectivity index (χ1) is 56.8. The van der Waals surface area contributed by atoms with E-state index in [-0.39, 0.29) is 23.7 Å². The zero-order valence-corrected chi connectivity index (χ0v) is 74.3. The van der Waals surface area contributed by atoms with E-state index in [2.05, 4.69) is 195 Å². The SMILES string of the molecule is CCCCCCCCCCCCC(CCCCCCCCC)CN1C(=O)C2=C(c3ncc(-c4ccc(-c5ccc(-c6c7ccccc7cc7ccccc67)s5)s4)s3)N(CC(CCCCCCCCCC)CCCCCCCCCCCC)C(=O)C2=C1c1ncc(-c2ccc(-c3ccc(-c4c5ccccc5cc5ccccc45)s3)s2)s1. The highest BCUT2D eigenvalue weighted by molar-refractivity contribution is 7.28. The molecule has 0 radical (unpaired) electrons. The molecule has 0 fully saturated rings. The van der Waals surface area contributed by atoms with Gasteiger partial charge in [0.2, 0.25) is 0 Å². The molecule has 6 nitrogen and oxygen atoms in total. The Morgan fingerprint density at radius 1 is 0.270 bits per heavy atom. The number of hydrogen-bond acceptors (Lipinski definition) is 10. The van der Waals surface area contributed by atoms with Gasteiger partial charge in [0.25, 0.3) is 11.8 Å². The minimum absolute atomic E-state index is 0.0524. The number of aromatic nitrogens is 2. The number of thiophene rings is 4. The van der Waals surface area contributed by atoms with Crippen LogP contribution in [0.25, 0.3) is 114 Å². The van der Waals surface area contributed by atoms with Crippen LogP contribution in [0.3, 0.4) is 0 Å². The van der Waals surface area contributed by atoms with Crippen molar-refractivity contribution in [2.45, 2.75) is 278 Å². The maximum atomic E-state index is 16.8. The summed E-state index contributed by atoms with van der Waals surface area (Å²) in [6.07, 6.45) is 53.1. The molecule has 0 saturated heterocycles. The summed E-state index contributed by atoms with van der Waals surface area (Å²) in [5.74, 6) is 0.455. The van der Waals surface area contributed by atoms with Gasteiger partial charge in [-0.15, -0.1) is 68.0 Å². The van der Waals surface area contributed by atoms with Crippen molar-refractivity contribution < 1.29 is 9.59 Å². The number of benzene rings is 6. The van der Waals surface area contributed by atoms with E-state index >= 15 is 9.59 Å². The fourth-order valence-electron chi connectivity index (χ4n) is 18.1. The van der Waals surface area contributed by atoms with Gasteiger partial charge in [0.15, 0.2) is 0 Å². The number of hydrogen-bond donors (Lipinski definition) is 0. The standard InChI is InChI=1S/C103H124N4O2S6/c1-5-9-13-17-21-24-26-30-34-38-50-74(48-36-32-28-20-16-12-8-4)72-106-98(100-104-70-92(114-100)88-62-60-84(110-88)86-64-66-90(112-86)94-80-56-44-40-52-76(80)68-77-53-41-45-57-81(77)94)96-97(102(106)108)99(107(103(96)109)73-75(49-37-33-29-23-19-15-11-7-3)51-39-35-31-27-25-22-18-14-10-6-2)101-105-71-93(115-101)89-63-61-85(111-89)87-65-67-91(113-87)95-82-58-46-42-54-78(82)69-79-55-43-47-59-83(79)95/h40-47,52-71,74-75H,5-39,48-51,72-73H2,1-4H3. The van der Waals surface area contributed by atoms with Gasteiger partial charge in [0.05, 0.1) is 32.3 Å². The third-order valence-electron chi connectivity index (χ3n) is 24.5. The lowest BCUT2D eigenvalue weighted by molar-refractivity contribution is -0.124. The number of fused-ring (bicyclic) bond motifs is 5. The van der Waals surface area contributed by atoms with Crippen LogP contribution >= 0.6 is 68.0 Å². The molecule has 2 aliphatic rings. The number of nitrogens with zero attached hydrogens (tertiary/aromatic N) is 4. The number of carbonyl (C=O) groups is 2. The van der Waals surface area contributed by atoms with E-state index in [9.17, 15) is 0 Å². The molecule has 115 heavy (non-hydrogen) atoms. The van der Waals surface area contributed by atoms with Crippen LogP contribution in [0.2, 0.25) is 0 Å². The van der Waals surface area contributed by atoms with Crippen LogP contribution in [0.4, 0.5) is 0 Å². The van der Waals surface area contributed by atoms with Crippen LogP contribution in [0.5, 0.6) is 0 Å². The van der Waals surface area contributed by atoms with E-state index in [1.54, 1.807) is 22.7 Å². The fourth-order valence-corrected chi connectivity index (χ4v) is 24.6. The van der Waals surface area contributed by atoms with Gasteiger partial charge < -0.3 is 9.80 Å². The maximum absolute atomic E-state index is 16.8. The van der Waals surface area contributed by atoms with Crippen molar-refractivity contribution in [3.63, 3.8) is 0 Å². The van der Waals surface area contributed by atoms with Gasteiger partial charge in [0.1, 0.15) is 10.0 Å². The summed E-state index contributed by atoms with van der Waals surface area (Å²) in [5, 5.41) is 11.6. The molecule has 12 heteroatoms. The monoisotopic (exact) mass is 1640 g/mol. The fraction of sp³-hybridized carbons (Fsp3) is 0.456. The topological polar surface area (TPSA) is 66.4 Å². The number of rotatable bonds is 51. The molecule has 8 heterocycles. The van der Waals surface area contributed by atoms with Crippen LogP contribution in [0, 0.1) is 11.8 Å². The molecule has 2 unspecified atom stereocenters. The Hall–Kier alpha value is -7.16. The molecule has 0 spiro atoms. The molecule has 2 amide bonds. The van der Waals surface area contributed by atoms with Crippen LogP contribution in [-0.2, 0) is 9.59 Å². The lowest BCUT2D eigenvalue weighted by Crippen LogP contribution is -2.35. The van der Waals surface area contributed by atoms with Crippen LogP contribution < -0.4 is 0 Å². The van der Waals surface area contributed by atoms with Gasteiger partial charge >= 0.3 is 0 Å². The Bertz CT molecular complexity index is 4800. The first-order valence-corrected chi connectivity index (χ1v) is 50.0. The number of thiazole rings is 2. The zero-order valence-electron chi connectivity index (χ0n) is 69.4. The third-order valence-corrected chi connectivity index (χ3v) is 31.7. The van der Waals surface area contributed by atoms with E-state index in [4.69, 9.17) is 9.97 Å². The van der Waals surface area contributed by atoms with Gasteiger partial charge in [-0.1, -0.05) is 349 Å². The van der Waals surface area contributed by atoms with Crippen molar-refractivity contribution in [1.29, 1.82) is 0 Å². The summed E-state index contributed by atoms with van der Waals surface area (Å²) in [6.45, 7) is 10.4. The summed E-state index contributed by atoms with van der Waals surface area (Å²) in [7, 11) is 0. The van der Waals surface area contributed by atoms with Gasteiger partial charge in [-0.3, -0.25) is 9.59 Å². The van der Waals surface area contributed by atoms with E-state index in [0.29, 0.717) is 24.2 Å². The maximum Gasteiger partial charge on any atom is 0.261 e. The highest BCUT2D eigenvalue weighted by Crippen LogP contribution is 2.53. The van der Waals surface area contributed by atoms with Gasteiger partial charge in [-0.2, -0.15) is 0 Å². The predicted molar refractivity (Wildman–Crippen MR) is 505 cm³/mol. The third kappa shape index (κ3) is 21.5. The largest absolute Gasteiger partial charge is 0.304 e. The summed E-state index contributed by atoms with van der Waals surface area (Å²) in [4.78, 5) is 60.4. The molecule has 0 N–H and O–H groups in total. The molecule has 0 saturated carbocycles. The van der Waals surface area contributed by atoms with Crippen molar-refractivity contribution in [3.8, 4) is 59.9 Å². The highest BCUT2D eigenvalue weighted by Gasteiger charge is 2.51. The number of unbranched alkanes of at least 4 members (excludes halogenated alkanes) is 31. The normalized spacial score (nSPS) is 13.8. The van der Waals surface area contributed by atoms with Gasteiger partial charge in [-0.25, -0.2) is 9.97 Å². The van der Waals surface area contributed by atoms with E-state index in [1.807, 2.05) is 57.7 Å². The van der Waals surface area contributed by atoms with Gasteiger partial charge in [-0.05, 0) is 141 Å². The molecule has 2 atom stereocenters. The lowest BCUT2D eigenvalue weighted by Gasteiger charge is -2.29. The first kappa shape index (κ1) is 84.3. The second-order valence-corrected chi connectivity index (χ2v) is 39.6. The minimum Gasteiger partial charge on any atom is -0.304 e. The molecule has 0 bridgehead atoms. The Balaban J connectivity index is 0.821. The summed E-state index contributed by atoms with van der Waals surface area (Å²) in [5.41, 5.74) is 5.11. The van der Waals surface area contributed by atoms with Crippen LogP contribution in [0.15, 0.2) is 181 Å². The van der Waals surface area contributed by atoms with E-state index in [1.165, 1.54) is 283 Å². The molecule has 0 aliphatic carbocycles. The summed E-state index contributed by atoms with van der Waals surface area (Å²) < 4.78 is 0. The van der Waals surface area contributed by atoms with Crippen LogP contribution in [0.1, 0.15) is 288 Å². The molecule has 6 aromatic heterocycles. The van der Waals surface area contributed by atoms with Crippen molar-refractivity contribution in [2.24, 2.45) is 11.8 Å². The van der Waals surface area contributed by atoms with Crippen molar-refractivity contribution in [1.82, 2.24) is 19.8 Å². The molecule has 6 aromatic carbocycles. The number of carbonyl (C=O) groups excluding carboxylic acids is 2. The molecular formula is C103H124N4O2S6. The van der Waals surface area contributed by atoms with Crippen molar-refractivity contribution in [2.75, 3.05) is 13.1 Å². The van der Waals surface area contributed by atoms with Crippen molar-refractivity contribution >= 4 is 134 Å². The first-order valence-electron chi connectivity index (χ1n) is 45.1. The van der Waals surface area contributed by atoms with E-state index in [0.717, 1.165) is 92.3 Å². The lowest BCUT2D eigenvalue weighted by atomic mass is 9.93. The molecular weight excluding hydrogens is 1520 g/mol. The minimum atomic E-state index is -0.0527. The summed E-state index contributed by atoms with van der Waals surface area (Å²) >= 11 is 10.6. The molecule has 14 rings (SSSR count). The smallest absolute Gasteiger partial charge is 0.261 e. The van der Waals surface area contributed by atoms with Crippen molar-refractivity contribution in [3.05, 3.63) is 191 Å². The highest BCUT2D eigenvalue weighted by atomic mass is 32.1. The van der Waals surface area contributed by atoms with Gasteiger partial charge in [0, 0.05) is 75.6 Å². The predicted octanol–water partition coefficient (Wildman–Crippen LogP) is 33.8. The second-order valence-electron chi connectivity index (χ2n) is 33.2. The Morgan fingerprint density at radius 2 is 0.504 bits per heavy atom. The second kappa shape index (κ2) is 43.5. The zero-order chi connectivity index (χ0) is 78.9. The quantitative estimate of drug-likeness (QED) is 0.0281. The molecule has 604 valence electrons. The average Bonchev–Trinajstić information content (AvgIpc) is 1.50. The summed E-state index contributed by atoms with van der Waals surface area (Å²) in [6, 6.07) is 58.2. The Morgan fingerprint density at radius 3 is 0.783 bits per heavy atom. The van der Waals surface area contributed by atoms with Crippen LogP contribution in [-0.4, -0.2) is 44.7 Å².